The van der Waals surface area contributed by atoms with Crippen molar-refractivity contribution in [2.75, 3.05) is 37.6 Å². The Kier molecular flexibility index (Phi) is 5.88. The number of amides is 3. The number of carbonyl (C=O) groups is 2. The number of para-hydroxylation sites is 1. The average Bonchev–Trinajstić information content (AvgIpc) is 3.11. The highest BCUT2D eigenvalue weighted by Gasteiger charge is 2.24. The van der Waals surface area contributed by atoms with Crippen molar-refractivity contribution in [3.8, 4) is 5.69 Å². The molecule has 1 aliphatic rings. The van der Waals surface area contributed by atoms with E-state index in [4.69, 9.17) is 0 Å². The number of piperazine rings is 1. The predicted octanol–water partition coefficient (Wildman–Crippen LogP) is 0.409. The Balaban J connectivity index is 1.51. The van der Waals surface area contributed by atoms with Crippen LogP contribution in [0.15, 0.2) is 30.3 Å². The molecule has 28 heavy (non-hydrogen) atoms. The van der Waals surface area contributed by atoms with Crippen molar-refractivity contribution in [3.63, 3.8) is 0 Å². The maximum absolute atomic E-state index is 12.1. The number of hydrogen-bond donors (Lipinski definition) is 2. The predicted molar refractivity (Wildman–Crippen MR) is 104 cm³/mol. The van der Waals surface area contributed by atoms with Gasteiger partial charge in [-0.3, -0.25) is 15.0 Å². The Bertz CT molecular complexity index is 806. The zero-order chi connectivity index (χ0) is 20.1. The number of nitrogens with one attached hydrogen (secondary N) is 2. The largest absolute Gasteiger partial charge is 0.337 e. The summed E-state index contributed by atoms with van der Waals surface area (Å²) < 4.78 is 1.71. The lowest BCUT2D eigenvalue weighted by atomic mass is 10.1. The van der Waals surface area contributed by atoms with Crippen LogP contribution in [-0.4, -0.2) is 75.3 Å². The Labute approximate surface area is 163 Å². The van der Waals surface area contributed by atoms with E-state index in [0.717, 1.165) is 5.69 Å². The lowest BCUT2D eigenvalue weighted by Crippen LogP contribution is -2.53. The quantitative estimate of drug-likeness (QED) is 0.783. The zero-order valence-corrected chi connectivity index (χ0v) is 16.4. The number of imide groups is 1. The van der Waals surface area contributed by atoms with Gasteiger partial charge in [-0.15, -0.1) is 0 Å². The molecule has 10 nitrogen and oxygen atoms in total. The molecule has 1 saturated heterocycles. The van der Waals surface area contributed by atoms with Gasteiger partial charge in [0.25, 0.3) is 0 Å². The van der Waals surface area contributed by atoms with Gasteiger partial charge in [-0.2, -0.15) is 4.68 Å². The highest BCUT2D eigenvalue weighted by molar-refractivity contribution is 5.95. The molecule has 0 unspecified atom stereocenters. The summed E-state index contributed by atoms with van der Waals surface area (Å²) >= 11 is 0. The Morgan fingerprint density at radius 1 is 1.07 bits per heavy atom. The van der Waals surface area contributed by atoms with E-state index in [0.29, 0.717) is 32.1 Å². The first kappa shape index (κ1) is 19.7. The summed E-state index contributed by atoms with van der Waals surface area (Å²) in [5.74, 6) is 0.365. The topological polar surface area (TPSA) is 108 Å². The zero-order valence-electron chi connectivity index (χ0n) is 16.4. The van der Waals surface area contributed by atoms with Crippen molar-refractivity contribution >= 4 is 17.9 Å². The SMILES string of the molecule is CC(C)(C)NC(=O)NC(=O)CN1CCN(c2nnnn2-c2ccccc2)CC1. The summed E-state index contributed by atoms with van der Waals surface area (Å²) in [6, 6.07) is 9.24. The van der Waals surface area contributed by atoms with Gasteiger partial charge in [0, 0.05) is 31.7 Å². The van der Waals surface area contributed by atoms with E-state index in [-0.39, 0.29) is 12.5 Å². The second-order valence-electron chi connectivity index (χ2n) is 7.74. The molecule has 3 rings (SSSR count). The molecule has 0 saturated carbocycles. The second-order valence-corrected chi connectivity index (χ2v) is 7.74. The standard InChI is InChI=1S/C18H26N8O2/c1-18(2,3)20-16(28)19-15(27)13-24-9-11-25(12-10-24)17-21-22-23-26(17)14-7-5-4-6-8-14/h4-8H,9-13H2,1-3H3,(H2,19,20,27,28). The van der Waals surface area contributed by atoms with Crippen LogP contribution in [0.25, 0.3) is 5.69 Å². The van der Waals surface area contributed by atoms with Crippen LogP contribution in [0.1, 0.15) is 20.8 Å². The fourth-order valence-electron chi connectivity index (χ4n) is 2.96. The van der Waals surface area contributed by atoms with Gasteiger partial charge in [0.2, 0.25) is 11.9 Å². The minimum Gasteiger partial charge on any atom is -0.337 e. The molecule has 1 aliphatic heterocycles. The van der Waals surface area contributed by atoms with E-state index in [1.54, 1.807) is 4.68 Å². The summed E-state index contributed by atoms with van der Waals surface area (Å²) in [5.41, 5.74) is 0.507. The van der Waals surface area contributed by atoms with Gasteiger partial charge in [-0.05, 0) is 43.3 Å². The van der Waals surface area contributed by atoms with E-state index in [1.807, 2.05) is 56.0 Å². The van der Waals surface area contributed by atoms with Gasteiger partial charge in [-0.1, -0.05) is 23.3 Å². The molecule has 1 aromatic heterocycles. The number of anilines is 1. The minimum absolute atomic E-state index is 0.176. The van der Waals surface area contributed by atoms with Crippen LogP contribution in [0.4, 0.5) is 10.7 Å². The lowest BCUT2D eigenvalue weighted by molar-refractivity contribution is -0.121. The van der Waals surface area contributed by atoms with Gasteiger partial charge in [0.1, 0.15) is 0 Å². The molecule has 0 radical (unpaired) electrons. The number of carbonyl (C=O) groups excluding carboxylic acids is 2. The number of tetrazole rings is 1. The molecule has 2 heterocycles. The number of urea groups is 1. The fourth-order valence-corrected chi connectivity index (χ4v) is 2.96. The Morgan fingerprint density at radius 2 is 1.75 bits per heavy atom. The minimum atomic E-state index is -0.474. The molecule has 1 aromatic carbocycles. The summed E-state index contributed by atoms with van der Waals surface area (Å²) in [5, 5.41) is 17.1. The molecular formula is C18H26N8O2. The van der Waals surface area contributed by atoms with E-state index in [1.165, 1.54) is 0 Å². The van der Waals surface area contributed by atoms with Crippen LogP contribution < -0.4 is 15.5 Å². The van der Waals surface area contributed by atoms with Crippen LogP contribution in [0.5, 0.6) is 0 Å². The third-order valence-corrected chi connectivity index (χ3v) is 4.22. The third-order valence-electron chi connectivity index (χ3n) is 4.22. The van der Waals surface area contributed by atoms with E-state index < -0.39 is 11.6 Å². The first-order chi connectivity index (χ1) is 13.3. The first-order valence-electron chi connectivity index (χ1n) is 9.25. The van der Waals surface area contributed by atoms with Gasteiger partial charge < -0.3 is 10.2 Å². The molecule has 10 heteroatoms. The number of rotatable bonds is 4. The molecule has 0 atom stereocenters. The molecular weight excluding hydrogens is 360 g/mol. The van der Waals surface area contributed by atoms with Crippen molar-refractivity contribution in [2.45, 2.75) is 26.3 Å². The summed E-state index contributed by atoms with van der Waals surface area (Å²) in [6.07, 6.45) is 0. The van der Waals surface area contributed by atoms with Crippen molar-refractivity contribution in [1.29, 1.82) is 0 Å². The second kappa shape index (κ2) is 8.34. The highest BCUT2D eigenvalue weighted by atomic mass is 16.2. The molecule has 3 amide bonds. The number of benzene rings is 1. The van der Waals surface area contributed by atoms with Crippen LogP contribution >= 0.6 is 0 Å². The molecule has 0 spiro atoms. The normalized spacial score (nSPS) is 15.3. The molecule has 2 aromatic rings. The van der Waals surface area contributed by atoms with Crippen molar-refractivity contribution in [3.05, 3.63) is 30.3 Å². The fraction of sp³-hybridized carbons (Fsp3) is 0.500. The van der Waals surface area contributed by atoms with E-state index in [9.17, 15) is 9.59 Å². The van der Waals surface area contributed by atoms with E-state index >= 15 is 0 Å². The third kappa shape index (κ3) is 5.26. The lowest BCUT2D eigenvalue weighted by Gasteiger charge is -2.34. The number of nitrogens with zero attached hydrogens (tertiary/aromatic N) is 6. The number of hydrogen-bond acceptors (Lipinski definition) is 7. The number of aromatic nitrogens is 4. The summed E-state index contributed by atoms with van der Waals surface area (Å²) in [4.78, 5) is 28.0. The van der Waals surface area contributed by atoms with Crippen molar-refractivity contribution < 1.29 is 9.59 Å². The Hall–Kier alpha value is -3.01. The highest BCUT2D eigenvalue weighted by Crippen LogP contribution is 2.16. The van der Waals surface area contributed by atoms with Crippen LogP contribution in [0.2, 0.25) is 0 Å². The van der Waals surface area contributed by atoms with Gasteiger partial charge in [-0.25, -0.2) is 4.79 Å². The first-order valence-corrected chi connectivity index (χ1v) is 9.25. The van der Waals surface area contributed by atoms with Crippen LogP contribution in [0, 0.1) is 0 Å². The van der Waals surface area contributed by atoms with Crippen molar-refractivity contribution in [1.82, 2.24) is 35.7 Å². The van der Waals surface area contributed by atoms with Crippen molar-refractivity contribution in [2.24, 2.45) is 0 Å². The van der Waals surface area contributed by atoms with Gasteiger partial charge in [0.05, 0.1) is 12.2 Å². The maximum Gasteiger partial charge on any atom is 0.321 e. The smallest absolute Gasteiger partial charge is 0.321 e. The Morgan fingerprint density at radius 3 is 2.39 bits per heavy atom. The van der Waals surface area contributed by atoms with Gasteiger partial charge >= 0.3 is 6.03 Å². The maximum atomic E-state index is 12.1. The summed E-state index contributed by atoms with van der Waals surface area (Å²) in [7, 11) is 0. The van der Waals surface area contributed by atoms with Crippen LogP contribution in [-0.2, 0) is 4.79 Å². The molecule has 2 N–H and O–H groups in total. The molecule has 0 aliphatic carbocycles. The summed E-state index contributed by atoms with van der Waals surface area (Å²) in [6.45, 7) is 8.49. The van der Waals surface area contributed by atoms with E-state index in [2.05, 4.69) is 31.1 Å². The molecule has 0 bridgehead atoms. The monoisotopic (exact) mass is 386 g/mol. The molecule has 1 fully saturated rings. The average molecular weight is 386 g/mol. The van der Waals surface area contributed by atoms with Gasteiger partial charge in [0.15, 0.2) is 0 Å². The molecule has 150 valence electrons. The van der Waals surface area contributed by atoms with Crippen LogP contribution in [0.3, 0.4) is 0 Å².